The maximum atomic E-state index is 10.8. The first-order chi connectivity index (χ1) is 5.77. The molecule has 0 atom stereocenters. The Hall–Kier alpha value is -1.98. The summed E-state index contributed by atoms with van der Waals surface area (Å²) in [5, 5.41) is 7.85. The number of rotatable bonds is 0. The molecule has 2 heterocycles. The lowest BCUT2D eigenvalue weighted by Crippen LogP contribution is -2.22. The third-order valence-corrected chi connectivity index (χ3v) is 1.45. The summed E-state index contributed by atoms with van der Waals surface area (Å²) in [5.74, 6) is 0. The van der Waals surface area contributed by atoms with Gasteiger partial charge in [-0.3, -0.25) is 15.4 Å². The van der Waals surface area contributed by atoms with Crippen LogP contribution in [0.3, 0.4) is 0 Å². The van der Waals surface area contributed by atoms with Crippen molar-refractivity contribution in [2.75, 3.05) is 0 Å². The summed E-state index contributed by atoms with van der Waals surface area (Å²) >= 11 is 0. The van der Waals surface area contributed by atoms with Crippen molar-refractivity contribution in [3.63, 3.8) is 0 Å². The first-order valence-corrected chi connectivity index (χ1v) is 3.24. The fourth-order valence-corrected chi connectivity index (χ4v) is 0.932. The zero-order chi connectivity index (χ0) is 8.55. The molecule has 60 valence electrons. The van der Waals surface area contributed by atoms with Gasteiger partial charge in [0, 0.05) is 6.20 Å². The van der Waals surface area contributed by atoms with Gasteiger partial charge < -0.3 is 0 Å². The Labute approximate surface area is 65.8 Å². The summed E-state index contributed by atoms with van der Waals surface area (Å²) in [5.41, 5.74) is -0.0423. The van der Waals surface area contributed by atoms with Gasteiger partial charge >= 0.3 is 5.69 Å². The lowest BCUT2D eigenvalue weighted by molar-refractivity contribution is 0.996. The average Bonchev–Trinajstić information content (AvgIpc) is 2.04. The number of H-pyrrole nitrogens is 2. The minimum absolute atomic E-state index is 0.0225. The number of hydrogen-bond acceptors (Lipinski definition) is 4. The Balaban J connectivity index is 3.09. The molecule has 0 fully saturated rings. The van der Waals surface area contributed by atoms with Crippen LogP contribution in [0.1, 0.15) is 0 Å². The second-order valence-electron chi connectivity index (χ2n) is 2.24. The molecule has 0 aliphatic carbocycles. The number of fused-ring (bicyclic) bond motifs is 1. The lowest BCUT2D eigenvalue weighted by atomic mass is 10.4. The molecule has 6 nitrogen and oxygen atoms in total. The van der Waals surface area contributed by atoms with Gasteiger partial charge in [-0.1, -0.05) is 0 Å². The number of nitrogens with zero attached hydrogens (tertiary/aromatic N) is 2. The van der Waals surface area contributed by atoms with Gasteiger partial charge in [0.25, 0.3) is 0 Å². The van der Waals surface area contributed by atoms with E-state index < -0.39 is 5.69 Å². The summed E-state index contributed by atoms with van der Waals surface area (Å²) in [6.45, 7) is 0. The third-order valence-electron chi connectivity index (χ3n) is 1.45. The first-order valence-electron chi connectivity index (χ1n) is 3.24. The van der Waals surface area contributed by atoms with Crippen LogP contribution in [-0.4, -0.2) is 19.9 Å². The van der Waals surface area contributed by atoms with Gasteiger partial charge in [-0.05, 0) is 0 Å². The molecule has 6 heteroatoms. The number of aromatic nitrogens is 4. The molecule has 0 aliphatic heterocycles. The fraction of sp³-hybridized carbons (Fsp3) is 0. The van der Waals surface area contributed by atoms with E-state index in [1.165, 1.54) is 12.5 Å². The largest absolute Gasteiger partial charge is 0.326 e. The highest BCUT2D eigenvalue weighted by Crippen LogP contribution is 1.93. The predicted octanol–water partition coefficient (Wildman–Crippen LogP) is -0.874. The van der Waals surface area contributed by atoms with E-state index >= 15 is 0 Å². The molecule has 0 aromatic carbocycles. The average molecular weight is 163 g/mol. The number of nitrogens with one attached hydrogen (secondary N) is 3. The predicted molar refractivity (Wildman–Crippen MR) is 40.4 cm³/mol. The van der Waals surface area contributed by atoms with E-state index in [1.807, 2.05) is 0 Å². The Bertz CT molecular complexity index is 525. The molecular formula is C6H5N5O. The summed E-state index contributed by atoms with van der Waals surface area (Å²) < 4.78 is 0. The van der Waals surface area contributed by atoms with Crippen molar-refractivity contribution < 1.29 is 0 Å². The van der Waals surface area contributed by atoms with E-state index in [0.717, 1.165) is 0 Å². The Kier molecular flexibility index (Phi) is 1.26. The molecular weight excluding hydrogens is 158 g/mol. The smallest absolute Gasteiger partial charge is 0.292 e. The van der Waals surface area contributed by atoms with Crippen molar-refractivity contribution in [2.24, 2.45) is 0 Å². The van der Waals surface area contributed by atoms with Crippen LogP contribution in [0.5, 0.6) is 0 Å². The van der Waals surface area contributed by atoms with Crippen molar-refractivity contribution in [2.45, 2.75) is 0 Å². The van der Waals surface area contributed by atoms with Crippen LogP contribution < -0.4 is 11.2 Å². The molecule has 0 amide bonds. The van der Waals surface area contributed by atoms with Crippen molar-refractivity contribution >= 4 is 11.0 Å². The zero-order valence-corrected chi connectivity index (χ0v) is 5.96. The second kappa shape index (κ2) is 2.26. The Morgan fingerprint density at radius 1 is 1.42 bits per heavy atom. The van der Waals surface area contributed by atoms with Crippen molar-refractivity contribution in [1.29, 1.82) is 5.41 Å². The quantitative estimate of drug-likeness (QED) is 0.470. The van der Waals surface area contributed by atoms with E-state index in [4.69, 9.17) is 5.41 Å². The van der Waals surface area contributed by atoms with Crippen LogP contribution in [0.15, 0.2) is 17.3 Å². The van der Waals surface area contributed by atoms with Crippen molar-refractivity contribution in [3.8, 4) is 0 Å². The van der Waals surface area contributed by atoms with Gasteiger partial charge in [0.05, 0.1) is 5.39 Å². The van der Waals surface area contributed by atoms with Crippen LogP contribution in [0, 0.1) is 5.41 Å². The molecule has 0 bridgehead atoms. The molecule has 0 unspecified atom stereocenters. The van der Waals surface area contributed by atoms with Crippen molar-refractivity contribution in [1.82, 2.24) is 19.9 Å². The van der Waals surface area contributed by atoms with Gasteiger partial charge in [0.1, 0.15) is 17.5 Å². The van der Waals surface area contributed by atoms with Crippen LogP contribution in [0.4, 0.5) is 0 Å². The summed E-state index contributed by atoms with van der Waals surface area (Å²) in [6.07, 6.45) is 2.79. The minimum Gasteiger partial charge on any atom is -0.292 e. The maximum absolute atomic E-state index is 10.8. The summed E-state index contributed by atoms with van der Waals surface area (Å²) in [7, 11) is 0. The van der Waals surface area contributed by atoms with Crippen LogP contribution >= 0.6 is 0 Å². The molecule has 0 radical (unpaired) electrons. The molecule has 12 heavy (non-hydrogen) atoms. The van der Waals surface area contributed by atoms with E-state index in [1.54, 1.807) is 0 Å². The van der Waals surface area contributed by atoms with Gasteiger partial charge in [-0.15, -0.1) is 0 Å². The number of hydrogen-bond donors (Lipinski definition) is 3. The standard InChI is InChI=1S/C6H5N5O/c7-4-3-1-8-2-9-5(3)11-6(12)10-4/h1-2H,(H3,7,8,9,10,11,12). The topological polar surface area (TPSA) is 98.3 Å². The normalized spacial score (nSPS) is 10.3. The maximum Gasteiger partial charge on any atom is 0.326 e. The lowest BCUT2D eigenvalue weighted by Gasteiger charge is -1.92. The summed E-state index contributed by atoms with van der Waals surface area (Å²) in [6, 6.07) is 0. The van der Waals surface area contributed by atoms with E-state index in [9.17, 15) is 4.79 Å². The zero-order valence-electron chi connectivity index (χ0n) is 5.96. The third kappa shape index (κ3) is 0.895. The van der Waals surface area contributed by atoms with E-state index in [0.29, 0.717) is 11.0 Å². The fourth-order valence-electron chi connectivity index (χ4n) is 0.932. The monoisotopic (exact) mass is 163 g/mol. The van der Waals surface area contributed by atoms with Gasteiger partial charge in [-0.25, -0.2) is 14.8 Å². The van der Waals surface area contributed by atoms with Crippen LogP contribution in [0.25, 0.3) is 11.0 Å². The highest BCUT2D eigenvalue weighted by molar-refractivity contribution is 5.70. The molecule has 3 N–H and O–H groups in total. The molecule has 0 saturated heterocycles. The van der Waals surface area contributed by atoms with Crippen molar-refractivity contribution in [3.05, 3.63) is 28.5 Å². The first kappa shape index (κ1) is 6.71. The Morgan fingerprint density at radius 2 is 2.25 bits per heavy atom. The number of aromatic amines is 2. The van der Waals surface area contributed by atoms with Gasteiger partial charge in [-0.2, -0.15) is 0 Å². The van der Waals surface area contributed by atoms with E-state index in [2.05, 4.69) is 19.9 Å². The van der Waals surface area contributed by atoms with Gasteiger partial charge in [0.15, 0.2) is 0 Å². The van der Waals surface area contributed by atoms with Crippen LogP contribution in [0.2, 0.25) is 0 Å². The molecule has 0 aliphatic rings. The van der Waals surface area contributed by atoms with Crippen LogP contribution in [-0.2, 0) is 0 Å². The molecule has 2 aromatic heterocycles. The molecule has 0 saturated carbocycles. The molecule has 0 spiro atoms. The second-order valence-corrected chi connectivity index (χ2v) is 2.24. The Morgan fingerprint density at radius 3 is 3.08 bits per heavy atom. The molecule has 2 aromatic rings. The minimum atomic E-state index is -0.439. The highest BCUT2D eigenvalue weighted by Gasteiger charge is 1.96. The highest BCUT2D eigenvalue weighted by atomic mass is 16.1. The molecule has 2 rings (SSSR count). The van der Waals surface area contributed by atoms with Gasteiger partial charge in [0.2, 0.25) is 0 Å². The summed E-state index contributed by atoms with van der Waals surface area (Å²) in [4.78, 5) is 23.1. The SMILES string of the molecule is N=c1[nH]c(=O)[nH]c2ncncc12. The van der Waals surface area contributed by atoms with E-state index in [-0.39, 0.29) is 5.49 Å².